The van der Waals surface area contributed by atoms with Crippen molar-refractivity contribution in [2.24, 2.45) is 4.99 Å². The summed E-state index contributed by atoms with van der Waals surface area (Å²) in [4.78, 5) is 59.5. The largest absolute Gasteiger partial charge is 0.469 e. The van der Waals surface area contributed by atoms with Gasteiger partial charge in [-0.2, -0.15) is 4.98 Å². The van der Waals surface area contributed by atoms with Crippen LogP contribution in [0.3, 0.4) is 0 Å². The number of fused-ring (bicyclic) bond motifs is 3. The van der Waals surface area contributed by atoms with Crippen molar-refractivity contribution in [3.8, 4) is 11.4 Å². The van der Waals surface area contributed by atoms with Gasteiger partial charge in [-0.05, 0) is 29.8 Å². The molecule has 2 aromatic heterocycles. The van der Waals surface area contributed by atoms with Gasteiger partial charge in [0.25, 0.3) is 5.56 Å². The molecule has 14 nitrogen and oxygen atoms in total. The lowest BCUT2D eigenvalue weighted by atomic mass is 9.71. The topological polar surface area (TPSA) is 215 Å². The van der Waals surface area contributed by atoms with Crippen LogP contribution in [0.25, 0.3) is 22.6 Å². The van der Waals surface area contributed by atoms with E-state index in [1.807, 2.05) is 13.8 Å². The highest BCUT2D eigenvalue weighted by Crippen LogP contribution is 2.48. The van der Waals surface area contributed by atoms with Crippen LogP contribution in [0, 0.1) is 0 Å². The summed E-state index contributed by atoms with van der Waals surface area (Å²) in [6.45, 7) is 3.20. The third-order valence-corrected chi connectivity index (χ3v) is 8.54. The van der Waals surface area contributed by atoms with Crippen LogP contribution < -0.4 is 11.3 Å². The Morgan fingerprint density at radius 1 is 1.26 bits per heavy atom. The van der Waals surface area contributed by atoms with Crippen molar-refractivity contribution < 1.29 is 33.5 Å². The number of rotatable bonds is 5. The number of aliphatic hydroxyl groups excluding tert-OH is 1. The van der Waals surface area contributed by atoms with Crippen LogP contribution in [0.15, 0.2) is 49.7 Å². The first-order chi connectivity index (χ1) is 19.7. The number of carbonyl (C=O) groups is 1. The van der Waals surface area contributed by atoms with Crippen LogP contribution in [0.2, 0.25) is 0 Å². The highest BCUT2D eigenvalue weighted by molar-refractivity contribution is 7.46. The number of aliphatic imine (C=N–C) groups is 1. The molecule has 2 aliphatic heterocycles. The Labute approximate surface area is 246 Å². The standard InChI is InChI=1S/C25H23Cl2N6O8P/c1-25(2)10-5-9(3-4-12(10)29-13-6-11(26)20(35)18(27)17(13)25)21-30-19-22(31-24(28)32-23(19)36)33(21)16-7-14(34)15(41-16)8-40-42(37,38)39/h3-6,14-16,34H,7-8H2,1-2H3,(H2,37,38,39)(H3,28,31,32,36)/t14-,15+,16+/m0/s1. The van der Waals surface area contributed by atoms with Crippen molar-refractivity contribution in [3.63, 3.8) is 0 Å². The van der Waals surface area contributed by atoms with Gasteiger partial charge in [0.05, 0.1) is 34.2 Å². The molecule has 1 aliphatic carbocycles. The number of allylic oxidation sites excluding steroid dienone is 4. The number of nitrogen functional groups attached to an aromatic ring is 1. The number of aromatic amines is 1. The van der Waals surface area contributed by atoms with Crippen LogP contribution in [0.4, 0.5) is 11.6 Å². The van der Waals surface area contributed by atoms with Gasteiger partial charge in [0.15, 0.2) is 11.2 Å². The number of nitrogens with one attached hydrogen (secondary N) is 1. The lowest BCUT2D eigenvalue weighted by Gasteiger charge is -2.36. The minimum atomic E-state index is -4.82. The molecular formula is C25H23Cl2N6O8P. The van der Waals surface area contributed by atoms with Crippen molar-refractivity contribution in [1.82, 2.24) is 19.5 Å². The van der Waals surface area contributed by atoms with E-state index in [4.69, 9.17) is 43.5 Å². The molecule has 1 saturated heterocycles. The molecule has 0 radical (unpaired) electrons. The number of benzene rings is 1. The van der Waals surface area contributed by atoms with Gasteiger partial charge in [0, 0.05) is 23.0 Å². The van der Waals surface area contributed by atoms with Gasteiger partial charge in [-0.15, -0.1) is 0 Å². The molecule has 3 aliphatic rings. The Hall–Kier alpha value is -3.20. The van der Waals surface area contributed by atoms with Gasteiger partial charge in [0.1, 0.15) is 18.2 Å². The second kappa shape index (κ2) is 9.93. The molecule has 17 heteroatoms. The quantitative estimate of drug-likeness (QED) is 0.203. The first-order valence-corrected chi connectivity index (χ1v) is 14.8. The Bertz CT molecular complexity index is 1890. The number of imidazole rings is 1. The molecule has 0 amide bonds. The maximum atomic E-state index is 12.8. The number of aromatic nitrogens is 4. The van der Waals surface area contributed by atoms with Crippen LogP contribution in [0.5, 0.6) is 0 Å². The summed E-state index contributed by atoms with van der Waals surface area (Å²) in [6.07, 6.45) is -1.78. The molecular weight excluding hydrogens is 614 g/mol. The van der Waals surface area contributed by atoms with Gasteiger partial charge in [0.2, 0.25) is 11.7 Å². The van der Waals surface area contributed by atoms with Crippen LogP contribution >= 0.6 is 31.0 Å². The van der Waals surface area contributed by atoms with E-state index in [9.17, 15) is 19.3 Å². The number of nitrogens with zero attached hydrogens (tertiary/aromatic N) is 4. The second-order valence-corrected chi connectivity index (χ2v) is 12.5. The SMILES string of the molecule is CC1(C)C2=C(Cl)C(=O)C(Cl)=CC2=Nc2ccc(-c3nc4c(=O)[nH]c(N)nc4n3[C@H]3C[C@H](O)[C@@H](COP(=O)(O)O)O3)cc21. The van der Waals surface area contributed by atoms with Gasteiger partial charge in [-0.25, -0.2) is 14.5 Å². The maximum absolute atomic E-state index is 12.8. The number of Topliss-reactive ketones (excluding diaryl/α,β-unsaturated/α-hetero) is 1. The van der Waals surface area contributed by atoms with Gasteiger partial charge in [-0.1, -0.05) is 37.0 Å². The second-order valence-electron chi connectivity index (χ2n) is 10.5. The average molecular weight is 637 g/mol. The summed E-state index contributed by atoms with van der Waals surface area (Å²) in [7, 11) is -4.82. The maximum Gasteiger partial charge on any atom is 0.469 e. The van der Waals surface area contributed by atoms with Crippen LogP contribution in [-0.4, -0.2) is 64.7 Å². The fourth-order valence-electron chi connectivity index (χ4n) is 5.48. The number of ketones is 1. The Morgan fingerprint density at radius 3 is 2.71 bits per heavy atom. The zero-order valence-electron chi connectivity index (χ0n) is 21.9. The zero-order chi connectivity index (χ0) is 30.3. The Kier molecular flexibility index (Phi) is 6.83. The summed E-state index contributed by atoms with van der Waals surface area (Å²) in [5.41, 5.74) is 7.26. The number of carbonyl (C=O) groups excluding carboxylic acids is 1. The lowest BCUT2D eigenvalue weighted by Crippen LogP contribution is -2.32. The van der Waals surface area contributed by atoms with E-state index in [0.29, 0.717) is 28.1 Å². The lowest BCUT2D eigenvalue weighted by molar-refractivity contribution is -0.111. The van der Waals surface area contributed by atoms with E-state index in [2.05, 4.69) is 24.5 Å². The Morgan fingerprint density at radius 2 is 2.00 bits per heavy atom. The number of phosphoric acid groups is 1. The summed E-state index contributed by atoms with van der Waals surface area (Å²) < 4.78 is 23.2. The van der Waals surface area contributed by atoms with Gasteiger partial charge in [-0.3, -0.25) is 23.7 Å². The highest BCUT2D eigenvalue weighted by Gasteiger charge is 2.42. The zero-order valence-corrected chi connectivity index (χ0v) is 24.3. The molecule has 1 aromatic carbocycles. The van der Waals surface area contributed by atoms with E-state index in [1.54, 1.807) is 18.2 Å². The summed E-state index contributed by atoms with van der Waals surface area (Å²) >= 11 is 12.6. The summed E-state index contributed by atoms with van der Waals surface area (Å²) in [6, 6.07) is 5.27. The fraction of sp³-hybridized carbons (Fsp3) is 0.320. The molecule has 0 unspecified atom stereocenters. The summed E-state index contributed by atoms with van der Waals surface area (Å²) in [5, 5.41) is 10.6. The van der Waals surface area contributed by atoms with Crippen LogP contribution in [0.1, 0.15) is 32.1 Å². The number of phosphoric ester groups is 1. The van der Waals surface area contributed by atoms with Crippen LogP contribution in [-0.2, 0) is 24.0 Å². The first kappa shape index (κ1) is 28.9. The number of nitrogens with two attached hydrogens (primary N) is 1. The predicted octanol–water partition coefficient (Wildman–Crippen LogP) is 2.69. The van der Waals surface area contributed by atoms with E-state index < -0.39 is 49.6 Å². The fourth-order valence-corrected chi connectivity index (χ4v) is 6.50. The molecule has 0 bridgehead atoms. The number of hydrogen-bond donors (Lipinski definition) is 5. The van der Waals surface area contributed by atoms with Crippen molar-refractivity contribution >= 4 is 65.3 Å². The van der Waals surface area contributed by atoms with E-state index in [-0.39, 0.29) is 39.4 Å². The first-order valence-electron chi connectivity index (χ1n) is 12.5. The third kappa shape index (κ3) is 4.74. The number of ether oxygens (including phenoxy) is 1. The Balaban J connectivity index is 1.50. The number of hydrogen-bond acceptors (Lipinski definition) is 10. The summed E-state index contributed by atoms with van der Waals surface area (Å²) in [5.74, 6) is -0.443. The molecule has 3 aromatic rings. The van der Waals surface area contributed by atoms with Crippen molar-refractivity contribution in [1.29, 1.82) is 0 Å². The molecule has 1 fully saturated rings. The predicted molar refractivity (Wildman–Crippen MR) is 152 cm³/mol. The monoisotopic (exact) mass is 636 g/mol. The normalized spacial score (nSPS) is 23.6. The smallest absolute Gasteiger partial charge is 0.390 e. The van der Waals surface area contributed by atoms with E-state index in [0.717, 1.165) is 0 Å². The number of halogens is 2. The van der Waals surface area contributed by atoms with Crippen molar-refractivity contribution in [2.45, 2.75) is 44.1 Å². The molecule has 6 N–H and O–H groups in total. The molecule has 42 heavy (non-hydrogen) atoms. The van der Waals surface area contributed by atoms with Crippen molar-refractivity contribution in [3.05, 3.63) is 55.8 Å². The third-order valence-electron chi connectivity index (χ3n) is 7.42. The molecule has 220 valence electrons. The highest BCUT2D eigenvalue weighted by atomic mass is 35.5. The van der Waals surface area contributed by atoms with E-state index >= 15 is 0 Å². The average Bonchev–Trinajstić information content (AvgIpc) is 3.45. The molecule has 0 saturated carbocycles. The van der Waals surface area contributed by atoms with Gasteiger partial charge >= 0.3 is 7.82 Å². The van der Waals surface area contributed by atoms with Crippen molar-refractivity contribution in [2.75, 3.05) is 12.3 Å². The minimum absolute atomic E-state index is 0.0299. The number of H-pyrrole nitrogens is 1. The molecule has 6 rings (SSSR count). The minimum Gasteiger partial charge on any atom is -0.390 e. The number of anilines is 1. The number of aliphatic hydroxyl groups is 1. The van der Waals surface area contributed by atoms with E-state index in [1.165, 1.54) is 10.6 Å². The molecule has 3 atom stereocenters. The molecule has 0 spiro atoms. The van der Waals surface area contributed by atoms with Gasteiger partial charge < -0.3 is 25.4 Å². The molecule has 4 heterocycles.